The second kappa shape index (κ2) is 6.51. The van der Waals surface area contributed by atoms with Gasteiger partial charge in [0.25, 0.3) is 11.8 Å². The van der Waals surface area contributed by atoms with E-state index in [-0.39, 0.29) is 32.1 Å². The van der Waals surface area contributed by atoms with Crippen molar-refractivity contribution in [3.8, 4) is 0 Å². The van der Waals surface area contributed by atoms with Crippen molar-refractivity contribution in [2.45, 2.75) is 31.8 Å². The first-order valence-electron chi connectivity index (χ1n) is 9.55. The lowest BCUT2D eigenvalue weighted by molar-refractivity contribution is -0.136. The number of piperidine rings is 1. The molecule has 0 spiro atoms. The van der Waals surface area contributed by atoms with Gasteiger partial charge in [-0.2, -0.15) is 0 Å². The van der Waals surface area contributed by atoms with Gasteiger partial charge in [-0.25, -0.2) is 0 Å². The third-order valence-electron chi connectivity index (χ3n) is 5.80. The summed E-state index contributed by atoms with van der Waals surface area (Å²) in [6.45, 7) is 0.845. The topological polar surface area (TPSA) is 99.7 Å². The molecular formula is C21H20N4O4. The zero-order valence-corrected chi connectivity index (χ0v) is 15.6. The number of aromatic nitrogens is 1. The Morgan fingerprint density at radius 1 is 1.14 bits per heavy atom. The second-order valence-electron chi connectivity index (χ2n) is 7.48. The highest BCUT2D eigenvalue weighted by atomic mass is 16.2. The third kappa shape index (κ3) is 2.79. The molecule has 1 aromatic heterocycles. The maximum absolute atomic E-state index is 13.1. The average Bonchev–Trinajstić information content (AvgIpc) is 3.29. The van der Waals surface area contributed by atoms with Crippen molar-refractivity contribution in [2.75, 3.05) is 11.4 Å². The first kappa shape index (κ1) is 17.5. The van der Waals surface area contributed by atoms with Gasteiger partial charge < -0.3 is 9.80 Å². The number of nitrogens with zero attached hydrogens (tertiary/aromatic N) is 3. The Hall–Kier alpha value is -3.55. The summed E-state index contributed by atoms with van der Waals surface area (Å²) in [6.07, 6.45) is 4.73. The number of carbonyl (C=O) groups excluding carboxylic acids is 4. The molecule has 0 radical (unpaired) electrons. The number of anilines is 1. The van der Waals surface area contributed by atoms with Crippen molar-refractivity contribution in [1.29, 1.82) is 0 Å². The molecule has 8 heteroatoms. The summed E-state index contributed by atoms with van der Waals surface area (Å²) in [5, 5.41) is 2.29. The molecule has 1 atom stereocenters. The molecule has 1 unspecified atom stereocenters. The third-order valence-corrected chi connectivity index (χ3v) is 5.80. The number of hydrogen-bond donors (Lipinski definition) is 1. The first-order chi connectivity index (χ1) is 14.0. The second-order valence-corrected chi connectivity index (χ2v) is 7.48. The summed E-state index contributed by atoms with van der Waals surface area (Å²) < 4.78 is 0. The maximum Gasteiger partial charge on any atom is 0.258 e. The molecule has 8 nitrogen and oxygen atoms in total. The van der Waals surface area contributed by atoms with Crippen LogP contribution in [0.15, 0.2) is 36.7 Å². The summed E-state index contributed by atoms with van der Waals surface area (Å²) in [4.78, 5) is 56.7. The Morgan fingerprint density at radius 3 is 2.83 bits per heavy atom. The highest BCUT2D eigenvalue weighted by Gasteiger charge is 2.39. The molecule has 29 heavy (non-hydrogen) atoms. The van der Waals surface area contributed by atoms with Crippen LogP contribution in [0.5, 0.6) is 0 Å². The molecule has 1 N–H and O–H groups in total. The Labute approximate surface area is 168 Å². The molecule has 1 fully saturated rings. The van der Waals surface area contributed by atoms with Crippen LogP contribution in [-0.2, 0) is 22.6 Å². The molecule has 4 amide bonds. The van der Waals surface area contributed by atoms with Crippen molar-refractivity contribution >= 4 is 29.3 Å². The van der Waals surface area contributed by atoms with Crippen LogP contribution in [0.3, 0.4) is 0 Å². The summed E-state index contributed by atoms with van der Waals surface area (Å²) in [7, 11) is 0. The lowest BCUT2D eigenvalue weighted by Crippen LogP contribution is -2.52. The van der Waals surface area contributed by atoms with Crippen LogP contribution in [0.4, 0.5) is 5.69 Å². The predicted octanol–water partition coefficient (Wildman–Crippen LogP) is 1.29. The summed E-state index contributed by atoms with van der Waals surface area (Å²) in [5.41, 5.74) is 3.62. The van der Waals surface area contributed by atoms with Crippen molar-refractivity contribution in [2.24, 2.45) is 0 Å². The zero-order chi connectivity index (χ0) is 20.1. The Balaban J connectivity index is 0.00000218. The molecule has 3 aliphatic heterocycles. The van der Waals surface area contributed by atoms with E-state index in [4.69, 9.17) is 0 Å². The Morgan fingerprint density at radius 2 is 2.00 bits per heavy atom. The molecule has 0 bridgehead atoms. The fourth-order valence-electron chi connectivity index (χ4n) is 4.30. The lowest BCUT2D eigenvalue weighted by atomic mass is 10.0. The van der Waals surface area contributed by atoms with Crippen LogP contribution in [0.1, 0.15) is 46.1 Å². The van der Waals surface area contributed by atoms with Gasteiger partial charge in [-0.1, -0.05) is 0 Å². The number of rotatable bonds is 2. The molecule has 148 valence electrons. The minimum absolute atomic E-state index is 0. The van der Waals surface area contributed by atoms with Crippen LogP contribution in [0, 0.1) is 0 Å². The van der Waals surface area contributed by atoms with Gasteiger partial charge in [0.05, 0.1) is 11.9 Å². The smallest absolute Gasteiger partial charge is 0.258 e. The molecule has 1 aromatic carbocycles. The van der Waals surface area contributed by atoms with Crippen molar-refractivity contribution < 1.29 is 20.6 Å². The molecule has 0 saturated carbocycles. The number of benzene rings is 1. The van der Waals surface area contributed by atoms with E-state index in [0.29, 0.717) is 24.1 Å². The van der Waals surface area contributed by atoms with Gasteiger partial charge in [-0.3, -0.25) is 29.5 Å². The summed E-state index contributed by atoms with van der Waals surface area (Å²) in [6, 6.07) is 6.29. The SMILES string of the molecule is O=C1CCC(N2Cc3cc(C(=O)N4CCc5ccncc54)ccc3C2=O)C(=O)N1.[HH]. The fraction of sp³-hybridized carbons (Fsp3) is 0.286. The maximum atomic E-state index is 13.1. The van der Waals surface area contributed by atoms with Crippen molar-refractivity contribution in [3.05, 3.63) is 58.9 Å². The molecule has 2 aromatic rings. The van der Waals surface area contributed by atoms with Gasteiger partial charge in [0.15, 0.2) is 0 Å². The number of amides is 4. The van der Waals surface area contributed by atoms with Crippen LogP contribution in [0.2, 0.25) is 0 Å². The first-order valence-corrected chi connectivity index (χ1v) is 9.55. The van der Waals surface area contributed by atoms with Gasteiger partial charge in [0, 0.05) is 38.3 Å². The van der Waals surface area contributed by atoms with E-state index in [2.05, 4.69) is 10.3 Å². The zero-order valence-electron chi connectivity index (χ0n) is 15.6. The normalized spacial score (nSPS) is 20.6. The van der Waals surface area contributed by atoms with Crippen LogP contribution < -0.4 is 10.2 Å². The van der Waals surface area contributed by atoms with Gasteiger partial charge >= 0.3 is 0 Å². The largest absolute Gasteiger partial charge is 0.322 e. The number of imide groups is 1. The molecule has 4 heterocycles. The number of nitrogens with one attached hydrogen (secondary N) is 1. The van der Waals surface area contributed by atoms with Gasteiger partial charge in [-0.15, -0.1) is 0 Å². The van der Waals surface area contributed by atoms with Gasteiger partial charge in [0.2, 0.25) is 11.8 Å². The summed E-state index contributed by atoms with van der Waals surface area (Å²) in [5.74, 6) is -1.14. The molecule has 1 saturated heterocycles. The number of hydrogen-bond acceptors (Lipinski definition) is 5. The monoisotopic (exact) mass is 392 g/mol. The van der Waals surface area contributed by atoms with E-state index in [9.17, 15) is 19.2 Å². The number of pyridine rings is 1. The molecule has 0 aliphatic carbocycles. The Kier molecular flexibility index (Phi) is 3.94. The van der Waals surface area contributed by atoms with Crippen LogP contribution in [0.25, 0.3) is 0 Å². The number of fused-ring (bicyclic) bond motifs is 2. The average molecular weight is 392 g/mol. The van der Waals surface area contributed by atoms with E-state index >= 15 is 0 Å². The minimum Gasteiger partial charge on any atom is -0.322 e. The molecular weight excluding hydrogens is 372 g/mol. The highest BCUT2D eigenvalue weighted by molar-refractivity contribution is 6.09. The van der Waals surface area contributed by atoms with E-state index in [1.165, 1.54) is 4.90 Å². The van der Waals surface area contributed by atoms with E-state index < -0.39 is 11.9 Å². The van der Waals surface area contributed by atoms with Crippen LogP contribution in [-0.4, -0.2) is 46.1 Å². The van der Waals surface area contributed by atoms with E-state index in [0.717, 1.165) is 23.2 Å². The standard InChI is InChI=1S/C21H18N4O4.H2/c26-18-4-3-16(19(27)23-18)25-11-14-9-13(1-2-15(14)21(25)29)20(28)24-8-6-12-5-7-22-10-17(12)24;/h1-2,5,7,9-10,16H,3-4,6,8,11H2,(H,23,26,27);1H. The van der Waals surface area contributed by atoms with Crippen molar-refractivity contribution in [1.82, 2.24) is 15.2 Å². The summed E-state index contributed by atoms with van der Waals surface area (Å²) >= 11 is 0. The fourth-order valence-corrected chi connectivity index (χ4v) is 4.30. The molecule has 3 aliphatic rings. The predicted molar refractivity (Wildman–Crippen MR) is 104 cm³/mol. The highest BCUT2D eigenvalue weighted by Crippen LogP contribution is 2.31. The van der Waals surface area contributed by atoms with Gasteiger partial charge in [-0.05, 0) is 48.2 Å². The molecule has 5 rings (SSSR count). The van der Waals surface area contributed by atoms with E-state index in [1.807, 2.05) is 6.07 Å². The quantitative estimate of drug-likeness (QED) is 0.777. The minimum atomic E-state index is -0.664. The number of carbonyl (C=O) groups is 4. The van der Waals surface area contributed by atoms with Gasteiger partial charge in [0.1, 0.15) is 6.04 Å². The Bertz CT molecular complexity index is 1090. The van der Waals surface area contributed by atoms with E-state index in [1.54, 1.807) is 35.5 Å². The lowest BCUT2D eigenvalue weighted by Gasteiger charge is -2.29. The van der Waals surface area contributed by atoms with Crippen LogP contribution >= 0.6 is 0 Å². The van der Waals surface area contributed by atoms with Crippen molar-refractivity contribution in [3.63, 3.8) is 0 Å².